The van der Waals surface area contributed by atoms with Crippen LogP contribution >= 0.6 is 11.6 Å². The van der Waals surface area contributed by atoms with Gasteiger partial charge in [-0.1, -0.05) is 17.7 Å². The molecule has 2 aromatic rings. The zero-order valence-electron chi connectivity index (χ0n) is 10.3. The summed E-state index contributed by atoms with van der Waals surface area (Å²) in [5.41, 5.74) is 0.501. The van der Waals surface area contributed by atoms with Crippen LogP contribution in [0.5, 0.6) is 0 Å². The highest BCUT2D eigenvalue weighted by Gasteiger charge is 2.15. The second-order valence-electron chi connectivity index (χ2n) is 3.92. The zero-order valence-corrected chi connectivity index (χ0v) is 11.1. The van der Waals surface area contributed by atoms with E-state index < -0.39 is 10.8 Å². The van der Waals surface area contributed by atoms with Crippen LogP contribution in [0.15, 0.2) is 30.5 Å². The van der Waals surface area contributed by atoms with Crippen LogP contribution in [0.3, 0.4) is 0 Å². The number of amides is 1. The van der Waals surface area contributed by atoms with E-state index in [2.05, 4.69) is 15.3 Å². The van der Waals surface area contributed by atoms with Gasteiger partial charge in [0.25, 0.3) is 11.6 Å². The third-order valence-electron chi connectivity index (χ3n) is 2.51. The van der Waals surface area contributed by atoms with Gasteiger partial charge in [0, 0.05) is 23.4 Å². The molecule has 1 aromatic heterocycles. The van der Waals surface area contributed by atoms with Crippen molar-refractivity contribution in [1.82, 2.24) is 9.97 Å². The summed E-state index contributed by atoms with van der Waals surface area (Å²) in [4.78, 5) is 29.9. The molecule has 2 rings (SSSR count). The van der Waals surface area contributed by atoms with Gasteiger partial charge >= 0.3 is 0 Å². The first-order valence-corrected chi connectivity index (χ1v) is 5.90. The first-order valence-electron chi connectivity index (χ1n) is 5.52. The molecule has 8 heteroatoms. The highest BCUT2D eigenvalue weighted by Crippen LogP contribution is 2.19. The number of hydrogen-bond acceptors (Lipinski definition) is 5. The van der Waals surface area contributed by atoms with E-state index in [0.29, 0.717) is 5.56 Å². The fourth-order valence-corrected chi connectivity index (χ4v) is 1.65. The highest BCUT2D eigenvalue weighted by molar-refractivity contribution is 6.29. The van der Waals surface area contributed by atoms with Crippen molar-refractivity contribution in [2.75, 3.05) is 5.32 Å². The Kier molecular flexibility index (Phi) is 3.90. The van der Waals surface area contributed by atoms with E-state index >= 15 is 0 Å². The van der Waals surface area contributed by atoms with Crippen LogP contribution in [0, 0.1) is 17.0 Å². The van der Waals surface area contributed by atoms with Gasteiger partial charge < -0.3 is 0 Å². The Balaban J connectivity index is 2.26. The minimum atomic E-state index is -0.546. The molecule has 0 aliphatic carbocycles. The maximum Gasteiger partial charge on any atom is 0.273 e. The number of rotatable bonds is 3. The molecular weight excluding hydrogens is 284 g/mol. The maximum absolute atomic E-state index is 12.0. The minimum absolute atomic E-state index is 0.0331. The third-order valence-corrected chi connectivity index (χ3v) is 2.73. The largest absolute Gasteiger partial charge is 0.290 e. The lowest BCUT2D eigenvalue weighted by molar-refractivity contribution is -0.385. The summed E-state index contributed by atoms with van der Waals surface area (Å²) in [6.07, 6.45) is 1.39. The molecule has 0 aliphatic rings. The Labute approximate surface area is 118 Å². The molecule has 1 N–H and O–H groups in total. The van der Waals surface area contributed by atoms with Gasteiger partial charge in [0.05, 0.1) is 4.92 Å². The van der Waals surface area contributed by atoms with Gasteiger partial charge in [-0.2, -0.15) is 0 Å². The molecule has 0 saturated heterocycles. The van der Waals surface area contributed by atoms with E-state index in [1.807, 2.05) is 0 Å². The first kappa shape index (κ1) is 13.9. The first-order chi connectivity index (χ1) is 9.47. The minimum Gasteiger partial charge on any atom is -0.290 e. The van der Waals surface area contributed by atoms with Gasteiger partial charge in [-0.3, -0.25) is 20.2 Å². The number of hydrogen-bond donors (Lipinski definition) is 1. The smallest absolute Gasteiger partial charge is 0.273 e. The summed E-state index contributed by atoms with van der Waals surface area (Å²) in [6, 6.07) is 5.66. The van der Waals surface area contributed by atoms with Crippen molar-refractivity contribution in [2.24, 2.45) is 0 Å². The lowest BCUT2D eigenvalue weighted by Gasteiger charge is -2.04. The molecule has 0 radical (unpaired) electrons. The molecule has 20 heavy (non-hydrogen) atoms. The number of nitrogens with one attached hydrogen (secondary N) is 1. The fraction of sp³-hybridized carbons (Fsp3) is 0.0833. The van der Waals surface area contributed by atoms with Gasteiger partial charge in [-0.25, -0.2) is 9.97 Å². The van der Waals surface area contributed by atoms with Crippen LogP contribution in [-0.2, 0) is 0 Å². The summed E-state index contributed by atoms with van der Waals surface area (Å²) in [5.74, 6) is -0.513. The van der Waals surface area contributed by atoms with Crippen molar-refractivity contribution < 1.29 is 9.72 Å². The van der Waals surface area contributed by atoms with Crippen molar-refractivity contribution in [3.8, 4) is 0 Å². The normalized spacial score (nSPS) is 10.1. The monoisotopic (exact) mass is 292 g/mol. The van der Waals surface area contributed by atoms with Crippen molar-refractivity contribution in [3.63, 3.8) is 0 Å². The molecule has 0 saturated carbocycles. The maximum atomic E-state index is 12.0. The zero-order chi connectivity index (χ0) is 14.7. The van der Waals surface area contributed by atoms with Crippen LogP contribution in [0.4, 0.5) is 11.6 Å². The molecule has 1 amide bonds. The molecule has 1 aromatic carbocycles. The Morgan fingerprint density at radius 3 is 2.80 bits per heavy atom. The van der Waals surface area contributed by atoms with Gasteiger partial charge in [0.2, 0.25) is 5.95 Å². The van der Waals surface area contributed by atoms with Crippen molar-refractivity contribution >= 4 is 29.1 Å². The molecule has 0 aliphatic heterocycles. The lowest BCUT2D eigenvalue weighted by atomic mass is 10.1. The molecular formula is C12H9ClN4O3. The SMILES string of the molecule is Cc1ccc(C(=O)Nc2nccc(Cl)n2)cc1[N+](=O)[O-]. The van der Waals surface area contributed by atoms with E-state index in [0.717, 1.165) is 0 Å². The van der Waals surface area contributed by atoms with E-state index in [4.69, 9.17) is 11.6 Å². The lowest BCUT2D eigenvalue weighted by Crippen LogP contribution is -2.14. The molecule has 102 valence electrons. The number of aromatic nitrogens is 2. The Morgan fingerprint density at radius 2 is 2.15 bits per heavy atom. The number of carbonyl (C=O) groups excluding carboxylic acids is 1. The van der Waals surface area contributed by atoms with Crippen molar-refractivity contribution in [2.45, 2.75) is 6.92 Å². The second kappa shape index (κ2) is 5.62. The molecule has 1 heterocycles. The van der Waals surface area contributed by atoms with Crippen LogP contribution in [0.1, 0.15) is 15.9 Å². The molecule has 0 atom stereocenters. The number of nitrogens with zero attached hydrogens (tertiary/aromatic N) is 3. The standard InChI is InChI=1S/C12H9ClN4O3/c1-7-2-3-8(6-9(7)17(19)20)11(18)16-12-14-5-4-10(13)15-12/h2-6H,1H3,(H,14,15,16,18). The number of nitro benzene ring substituents is 1. The molecule has 0 spiro atoms. The summed E-state index contributed by atoms with van der Waals surface area (Å²) < 4.78 is 0. The van der Waals surface area contributed by atoms with Crippen molar-refractivity contribution in [1.29, 1.82) is 0 Å². The van der Waals surface area contributed by atoms with Gasteiger partial charge in [0.15, 0.2) is 0 Å². The van der Waals surface area contributed by atoms with Gasteiger partial charge in [0.1, 0.15) is 5.15 Å². The predicted octanol–water partition coefficient (Wildman–Crippen LogP) is 2.60. The number of anilines is 1. The number of aryl methyl sites for hydroxylation is 1. The fourth-order valence-electron chi connectivity index (χ4n) is 1.52. The van der Waals surface area contributed by atoms with E-state index in [-0.39, 0.29) is 22.4 Å². The molecule has 0 fully saturated rings. The Bertz CT molecular complexity index is 690. The number of benzene rings is 1. The average molecular weight is 293 g/mol. The van der Waals surface area contributed by atoms with Crippen LogP contribution < -0.4 is 5.32 Å². The summed E-state index contributed by atoms with van der Waals surface area (Å²) in [6.45, 7) is 1.60. The van der Waals surface area contributed by atoms with E-state index in [9.17, 15) is 14.9 Å². The van der Waals surface area contributed by atoms with Crippen molar-refractivity contribution in [3.05, 3.63) is 56.9 Å². The molecule has 0 unspecified atom stereocenters. The number of carbonyl (C=O) groups is 1. The van der Waals surface area contributed by atoms with Gasteiger partial charge in [-0.05, 0) is 19.1 Å². The topological polar surface area (TPSA) is 98.0 Å². The Hall–Kier alpha value is -2.54. The van der Waals surface area contributed by atoms with E-state index in [1.54, 1.807) is 6.92 Å². The van der Waals surface area contributed by atoms with Crippen LogP contribution in [0.25, 0.3) is 0 Å². The summed E-state index contributed by atoms with van der Waals surface area (Å²) in [5, 5.41) is 13.4. The number of halogens is 1. The Morgan fingerprint density at radius 1 is 1.40 bits per heavy atom. The summed E-state index contributed by atoms with van der Waals surface area (Å²) in [7, 11) is 0. The second-order valence-corrected chi connectivity index (χ2v) is 4.30. The van der Waals surface area contributed by atoms with Gasteiger partial charge in [-0.15, -0.1) is 0 Å². The van der Waals surface area contributed by atoms with E-state index in [1.165, 1.54) is 30.5 Å². The average Bonchev–Trinajstić information content (AvgIpc) is 2.38. The molecule has 0 bridgehead atoms. The number of nitro groups is 1. The molecule has 7 nitrogen and oxygen atoms in total. The quantitative estimate of drug-likeness (QED) is 0.532. The predicted molar refractivity (Wildman–Crippen MR) is 72.8 cm³/mol. The third kappa shape index (κ3) is 3.07. The van der Waals surface area contributed by atoms with Crippen LogP contribution in [-0.4, -0.2) is 20.8 Å². The van der Waals surface area contributed by atoms with Crippen LogP contribution in [0.2, 0.25) is 5.15 Å². The summed E-state index contributed by atoms with van der Waals surface area (Å²) >= 11 is 5.67. The highest BCUT2D eigenvalue weighted by atomic mass is 35.5.